The zero-order valence-electron chi connectivity index (χ0n) is 11.7. The molecule has 0 unspecified atom stereocenters. The minimum Gasteiger partial charge on any atom is -0.492 e. The summed E-state index contributed by atoms with van der Waals surface area (Å²) >= 11 is 0. The van der Waals surface area contributed by atoms with Gasteiger partial charge in [-0.3, -0.25) is 10.1 Å². The maximum Gasteiger partial charge on any atom is 0.292 e. The van der Waals surface area contributed by atoms with E-state index in [2.05, 4.69) is 5.32 Å². The molecule has 110 valence electrons. The van der Waals surface area contributed by atoms with Crippen molar-refractivity contribution >= 4 is 17.1 Å². The van der Waals surface area contributed by atoms with E-state index in [9.17, 15) is 10.1 Å². The molecule has 0 saturated heterocycles. The van der Waals surface area contributed by atoms with Crippen molar-refractivity contribution in [1.29, 1.82) is 0 Å². The number of aryl methyl sites for hydroxylation is 1. The molecular formula is C15H17N3O3. The summed E-state index contributed by atoms with van der Waals surface area (Å²) in [6.07, 6.45) is 0. The molecule has 6 heteroatoms. The Morgan fingerprint density at radius 1 is 1.24 bits per heavy atom. The molecule has 21 heavy (non-hydrogen) atoms. The summed E-state index contributed by atoms with van der Waals surface area (Å²) in [7, 11) is 0. The maximum absolute atomic E-state index is 11.0. The summed E-state index contributed by atoms with van der Waals surface area (Å²) in [4.78, 5) is 10.6. The molecule has 0 aliphatic carbocycles. The first-order chi connectivity index (χ1) is 10.1. The molecule has 0 heterocycles. The topological polar surface area (TPSA) is 90.4 Å². The lowest BCUT2D eigenvalue weighted by atomic mass is 10.1. The molecule has 0 aliphatic rings. The van der Waals surface area contributed by atoms with Gasteiger partial charge >= 0.3 is 0 Å². The van der Waals surface area contributed by atoms with E-state index in [0.29, 0.717) is 30.3 Å². The van der Waals surface area contributed by atoms with Gasteiger partial charge in [0.25, 0.3) is 5.69 Å². The van der Waals surface area contributed by atoms with Gasteiger partial charge in [0.15, 0.2) is 0 Å². The molecule has 2 aromatic rings. The first kappa shape index (κ1) is 14.6. The summed E-state index contributed by atoms with van der Waals surface area (Å²) in [5.41, 5.74) is 7.70. The van der Waals surface area contributed by atoms with E-state index < -0.39 is 4.92 Å². The van der Waals surface area contributed by atoms with Crippen LogP contribution in [0.15, 0.2) is 42.5 Å². The minimum atomic E-state index is -0.393. The molecule has 0 fully saturated rings. The zero-order valence-corrected chi connectivity index (χ0v) is 11.7. The van der Waals surface area contributed by atoms with E-state index in [-0.39, 0.29) is 5.69 Å². The van der Waals surface area contributed by atoms with Crippen molar-refractivity contribution in [3.63, 3.8) is 0 Å². The van der Waals surface area contributed by atoms with Crippen LogP contribution in [0.5, 0.6) is 5.75 Å². The number of para-hydroxylation sites is 1. The number of anilines is 2. The van der Waals surface area contributed by atoms with E-state index in [1.165, 1.54) is 6.07 Å². The van der Waals surface area contributed by atoms with Crippen LogP contribution in [0.1, 0.15) is 5.56 Å². The Bertz CT molecular complexity index is 627. The van der Waals surface area contributed by atoms with Crippen molar-refractivity contribution in [2.75, 3.05) is 24.2 Å². The summed E-state index contributed by atoms with van der Waals surface area (Å²) in [5.74, 6) is 0.713. The Hall–Kier alpha value is -2.76. The maximum atomic E-state index is 11.0. The van der Waals surface area contributed by atoms with Gasteiger partial charge in [0, 0.05) is 18.3 Å². The van der Waals surface area contributed by atoms with Crippen molar-refractivity contribution in [3.05, 3.63) is 58.1 Å². The molecule has 0 saturated carbocycles. The highest BCUT2D eigenvalue weighted by Crippen LogP contribution is 2.27. The molecule has 0 bridgehead atoms. The van der Waals surface area contributed by atoms with Gasteiger partial charge < -0.3 is 15.8 Å². The Balaban J connectivity index is 1.92. The molecular weight excluding hydrogens is 270 g/mol. The first-order valence-electron chi connectivity index (χ1n) is 6.54. The molecule has 6 nitrogen and oxygen atoms in total. The van der Waals surface area contributed by atoms with Crippen LogP contribution < -0.4 is 15.8 Å². The van der Waals surface area contributed by atoms with Crippen LogP contribution in [0.4, 0.5) is 17.1 Å². The second-order valence-corrected chi connectivity index (χ2v) is 4.57. The third-order valence-electron chi connectivity index (χ3n) is 3.00. The second kappa shape index (κ2) is 6.60. The lowest BCUT2D eigenvalue weighted by Crippen LogP contribution is -2.13. The van der Waals surface area contributed by atoms with Gasteiger partial charge in [-0.25, -0.2) is 0 Å². The average Bonchev–Trinajstić information content (AvgIpc) is 2.46. The Kier molecular flexibility index (Phi) is 4.61. The second-order valence-electron chi connectivity index (χ2n) is 4.57. The monoisotopic (exact) mass is 287 g/mol. The lowest BCUT2D eigenvalue weighted by Gasteiger charge is -2.11. The van der Waals surface area contributed by atoms with Crippen molar-refractivity contribution in [1.82, 2.24) is 0 Å². The van der Waals surface area contributed by atoms with Gasteiger partial charge in [0.05, 0.1) is 4.92 Å². The summed E-state index contributed by atoms with van der Waals surface area (Å²) in [5, 5.41) is 14.0. The minimum absolute atomic E-state index is 0.0717. The molecule has 0 spiro atoms. The van der Waals surface area contributed by atoms with Crippen molar-refractivity contribution in [3.8, 4) is 5.75 Å². The molecule has 0 aliphatic heterocycles. The van der Waals surface area contributed by atoms with Crippen LogP contribution in [0.2, 0.25) is 0 Å². The molecule has 0 atom stereocenters. The molecule has 2 aromatic carbocycles. The number of nitro groups is 1. The smallest absolute Gasteiger partial charge is 0.292 e. The predicted octanol–water partition coefficient (Wildman–Crippen LogP) is 2.98. The fraction of sp³-hybridized carbons (Fsp3) is 0.200. The van der Waals surface area contributed by atoms with Gasteiger partial charge in [-0.2, -0.15) is 0 Å². The number of nitro benzene ring substituents is 1. The third kappa shape index (κ3) is 3.85. The Morgan fingerprint density at radius 3 is 2.62 bits per heavy atom. The van der Waals surface area contributed by atoms with Gasteiger partial charge in [0.1, 0.15) is 18.0 Å². The van der Waals surface area contributed by atoms with Crippen LogP contribution in [0, 0.1) is 17.0 Å². The van der Waals surface area contributed by atoms with E-state index in [1.54, 1.807) is 30.3 Å². The quantitative estimate of drug-likeness (QED) is 0.369. The number of rotatable bonds is 6. The number of nitrogens with two attached hydrogens (primary N) is 1. The lowest BCUT2D eigenvalue weighted by molar-refractivity contribution is -0.384. The summed E-state index contributed by atoms with van der Waals surface area (Å²) < 4.78 is 5.54. The van der Waals surface area contributed by atoms with Crippen molar-refractivity contribution < 1.29 is 9.66 Å². The molecule has 0 amide bonds. The van der Waals surface area contributed by atoms with Crippen LogP contribution in [-0.2, 0) is 0 Å². The molecule has 0 aromatic heterocycles. The van der Waals surface area contributed by atoms with Crippen LogP contribution in [-0.4, -0.2) is 18.1 Å². The summed E-state index contributed by atoms with van der Waals surface area (Å²) in [6, 6.07) is 12.1. The van der Waals surface area contributed by atoms with Gasteiger partial charge in [-0.1, -0.05) is 12.1 Å². The standard InChI is InChI=1S/C15H17N3O3/c1-11-3-2-4-14(18(19)20)15(11)17-9-10-21-13-7-5-12(16)6-8-13/h2-8,17H,9-10,16H2,1H3. The Morgan fingerprint density at radius 2 is 1.95 bits per heavy atom. The molecule has 0 radical (unpaired) electrons. The van der Waals surface area contributed by atoms with E-state index >= 15 is 0 Å². The van der Waals surface area contributed by atoms with E-state index in [0.717, 1.165) is 5.56 Å². The number of ether oxygens (including phenoxy) is 1. The third-order valence-corrected chi connectivity index (χ3v) is 3.00. The fourth-order valence-corrected chi connectivity index (χ4v) is 1.94. The predicted molar refractivity (Wildman–Crippen MR) is 82.7 cm³/mol. The van der Waals surface area contributed by atoms with Crippen LogP contribution >= 0.6 is 0 Å². The SMILES string of the molecule is Cc1cccc([N+](=O)[O-])c1NCCOc1ccc(N)cc1. The van der Waals surface area contributed by atoms with Crippen molar-refractivity contribution in [2.45, 2.75) is 6.92 Å². The van der Waals surface area contributed by atoms with Gasteiger partial charge in [-0.15, -0.1) is 0 Å². The highest BCUT2D eigenvalue weighted by atomic mass is 16.6. The van der Waals surface area contributed by atoms with E-state index in [4.69, 9.17) is 10.5 Å². The van der Waals surface area contributed by atoms with Crippen molar-refractivity contribution in [2.24, 2.45) is 0 Å². The van der Waals surface area contributed by atoms with E-state index in [1.807, 2.05) is 13.0 Å². The summed E-state index contributed by atoms with van der Waals surface area (Å²) in [6.45, 7) is 2.70. The number of nitrogens with one attached hydrogen (secondary N) is 1. The highest BCUT2D eigenvalue weighted by Gasteiger charge is 2.14. The fourth-order valence-electron chi connectivity index (χ4n) is 1.94. The number of nitrogen functional groups attached to an aromatic ring is 1. The number of hydrogen-bond acceptors (Lipinski definition) is 5. The number of nitrogens with zero attached hydrogens (tertiary/aromatic N) is 1. The largest absolute Gasteiger partial charge is 0.492 e. The van der Waals surface area contributed by atoms with Gasteiger partial charge in [-0.05, 0) is 36.8 Å². The normalized spacial score (nSPS) is 10.1. The Labute approximate surface area is 122 Å². The van der Waals surface area contributed by atoms with Crippen LogP contribution in [0.25, 0.3) is 0 Å². The molecule has 2 rings (SSSR count). The van der Waals surface area contributed by atoms with Gasteiger partial charge in [0.2, 0.25) is 0 Å². The first-order valence-corrected chi connectivity index (χ1v) is 6.54. The number of benzene rings is 2. The number of hydrogen-bond donors (Lipinski definition) is 2. The zero-order chi connectivity index (χ0) is 15.2. The highest BCUT2D eigenvalue weighted by molar-refractivity contribution is 5.65. The molecule has 3 N–H and O–H groups in total. The average molecular weight is 287 g/mol. The van der Waals surface area contributed by atoms with Crippen LogP contribution in [0.3, 0.4) is 0 Å².